The summed E-state index contributed by atoms with van der Waals surface area (Å²) in [5, 5.41) is 8.81. The van der Waals surface area contributed by atoms with Crippen LogP contribution in [0.2, 0.25) is 0 Å². The Morgan fingerprint density at radius 3 is 2.68 bits per heavy atom. The first-order valence-electron chi connectivity index (χ1n) is 6.26. The van der Waals surface area contributed by atoms with Crippen molar-refractivity contribution in [3.05, 3.63) is 29.8 Å². The lowest BCUT2D eigenvalue weighted by molar-refractivity contribution is -0.136. The molecule has 0 aliphatic heterocycles. The Morgan fingerprint density at radius 1 is 1.37 bits per heavy atom. The molecule has 0 bridgehead atoms. The van der Waals surface area contributed by atoms with Crippen LogP contribution in [0.15, 0.2) is 24.3 Å². The molecule has 0 saturated heterocycles. The van der Waals surface area contributed by atoms with Gasteiger partial charge >= 0.3 is 5.97 Å². The van der Waals surface area contributed by atoms with Crippen molar-refractivity contribution in [1.82, 2.24) is 4.90 Å². The van der Waals surface area contributed by atoms with Crippen LogP contribution in [0.4, 0.5) is 0 Å². The van der Waals surface area contributed by atoms with Crippen LogP contribution >= 0.6 is 0 Å². The number of carboxylic acid groups (broad SMARTS) is 1. The molecule has 1 amide bonds. The number of carboxylic acids is 1. The Hall–Kier alpha value is -2.04. The SMILES string of the molecule is CN(C(=O)COc1ccccc1CC(=O)O)C1CC1. The minimum atomic E-state index is -0.919. The number of amides is 1. The van der Waals surface area contributed by atoms with Gasteiger partial charge in [-0.1, -0.05) is 18.2 Å². The van der Waals surface area contributed by atoms with Crippen molar-refractivity contribution < 1.29 is 19.4 Å². The normalized spacial score (nSPS) is 13.9. The summed E-state index contributed by atoms with van der Waals surface area (Å²) < 4.78 is 5.44. The second kappa shape index (κ2) is 5.73. The molecule has 1 aromatic rings. The number of hydrogen-bond acceptors (Lipinski definition) is 3. The van der Waals surface area contributed by atoms with E-state index in [0.29, 0.717) is 17.4 Å². The van der Waals surface area contributed by atoms with Gasteiger partial charge in [0.2, 0.25) is 0 Å². The fourth-order valence-corrected chi connectivity index (χ4v) is 1.86. The van der Waals surface area contributed by atoms with Crippen LogP contribution < -0.4 is 4.74 Å². The summed E-state index contributed by atoms with van der Waals surface area (Å²) in [7, 11) is 1.77. The van der Waals surface area contributed by atoms with Gasteiger partial charge < -0.3 is 14.7 Å². The number of carbonyl (C=O) groups is 2. The first kappa shape index (κ1) is 13.4. The number of carbonyl (C=O) groups excluding carboxylic acids is 1. The van der Waals surface area contributed by atoms with Crippen LogP contribution in [0.5, 0.6) is 5.75 Å². The van der Waals surface area contributed by atoms with E-state index < -0.39 is 5.97 Å². The maximum absolute atomic E-state index is 11.8. The van der Waals surface area contributed by atoms with E-state index in [-0.39, 0.29) is 18.9 Å². The van der Waals surface area contributed by atoms with Crippen LogP contribution in [-0.2, 0) is 16.0 Å². The minimum Gasteiger partial charge on any atom is -0.483 e. The number of aliphatic carboxylic acids is 1. The predicted molar refractivity (Wildman–Crippen MR) is 69.1 cm³/mol. The molecule has 1 fully saturated rings. The molecule has 0 heterocycles. The van der Waals surface area contributed by atoms with Crippen molar-refractivity contribution in [3.63, 3.8) is 0 Å². The van der Waals surface area contributed by atoms with Crippen LogP contribution in [0, 0.1) is 0 Å². The van der Waals surface area contributed by atoms with Crippen molar-refractivity contribution in [2.45, 2.75) is 25.3 Å². The molecule has 1 aromatic carbocycles. The van der Waals surface area contributed by atoms with Crippen molar-refractivity contribution >= 4 is 11.9 Å². The minimum absolute atomic E-state index is 0.0520. The van der Waals surface area contributed by atoms with E-state index in [1.807, 2.05) is 0 Å². The third-order valence-electron chi connectivity index (χ3n) is 3.15. The Bertz CT molecular complexity index is 482. The molecule has 1 aliphatic rings. The van der Waals surface area contributed by atoms with Gasteiger partial charge in [-0.3, -0.25) is 9.59 Å². The number of ether oxygens (including phenoxy) is 1. The van der Waals surface area contributed by atoms with Gasteiger partial charge in [-0.2, -0.15) is 0 Å². The van der Waals surface area contributed by atoms with E-state index in [1.165, 1.54) is 0 Å². The summed E-state index contributed by atoms with van der Waals surface area (Å²) in [6.07, 6.45) is 2.00. The molecule has 5 nitrogen and oxygen atoms in total. The van der Waals surface area contributed by atoms with Gasteiger partial charge in [0.05, 0.1) is 6.42 Å². The quantitative estimate of drug-likeness (QED) is 0.840. The number of para-hydroxylation sites is 1. The van der Waals surface area contributed by atoms with Crippen LogP contribution in [-0.4, -0.2) is 41.6 Å². The molecule has 1 N–H and O–H groups in total. The van der Waals surface area contributed by atoms with E-state index >= 15 is 0 Å². The van der Waals surface area contributed by atoms with Crippen LogP contribution in [0.3, 0.4) is 0 Å². The third-order valence-corrected chi connectivity index (χ3v) is 3.15. The Labute approximate surface area is 111 Å². The fraction of sp³-hybridized carbons (Fsp3) is 0.429. The zero-order valence-corrected chi connectivity index (χ0v) is 10.8. The highest BCUT2D eigenvalue weighted by molar-refractivity contribution is 5.78. The van der Waals surface area contributed by atoms with Crippen molar-refractivity contribution in [1.29, 1.82) is 0 Å². The van der Waals surface area contributed by atoms with E-state index in [2.05, 4.69) is 0 Å². The molecule has 2 rings (SSSR count). The van der Waals surface area contributed by atoms with Gasteiger partial charge in [0, 0.05) is 18.7 Å². The number of likely N-dealkylation sites (N-methyl/N-ethyl adjacent to an activating group) is 1. The lowest BCUT2D eigenvalue weighted by atomic mass is 10.1. The van der Waals surface area contributed by atoms with Gasteiger partial charge in [-0.05, 0) is 18.9 Å². The third kappa shape index (κ3) is 3.71. The van der Waals surface area contributed by atoms with Gasteiger partial charge in [-0.25, -0.2) is 0 Å². The summed E-state index contributed by atoms with van der Waals surface area (Å²) in [4.78, 5) is 24.2. The first-order chi connectivity index (χ1) is 9.08. The van der Waals surface area contributed by atoms with Gasteiger partial charge in [0.15, 0.2) is 6.61 Å². The molecule has 0 radical (unpaired) electrons. The second-order valence-corrected chi connectivity index (χ2v) is 4.70. The largest absolute Gasteiger partial charge is 0.483 e. The Morgan fingerprint density at radius 2 is 2.05 bits per heavy atom. The highest BCUT2D eigenvalue weighted by Gasteiger charge is 2.29. The molecule has 1 aliphatic carbocycles. The summed E-state index contributed by atoms with van der Waals surface area (Å²) in [5.41, 5.74) is 0.580. The molecule has 0 aromatic heterocycles. The highest BCUT2D eigenvalue weighted by Crippen LogP contribution is 2.25. The lowest BCUT2D eigenvalue weighted by Crippen LogP contribution is -2.33. The van der Waals surface area contributed by atoms with Crippen LogP contribution in [0.25, 0.3) is 0 Å². The number of rotatable bonds is 6. The molecule has 1 saturated carbocycles. The Balaban J connectivity index is 1.94. The van der Waals surface area contributed by atoms with Crippen molar-refractivity contribution in [2.75, 3.05) is 13.7 Å². The second-order valence-electron chi connectivity index (χ2n) is 4.70. The van der Waals surface area contributed by atoms with Gasteiger partial charge in [0.1, 0.15) is 5.75 Å². The number of nitrogens with zero attached hydrogens (tertiary/aromatic N) is 1. The summed E-state index contributed by atoms with van der Waals surface area (Å²) in [5.74, 6) is -0.535. The van der Waals surface area contributed by atoms with Crippen LogP contribution in [0.1, 0.15) is 18.4 Å². The summed E-state index contributed by atoms with van der Waals surface area (Å²) in [6, 6.07) is 7.24. The lowest BCUT2D eigenvalue weighted by Gasteiger charge is -2.17. The van der Waals surface area contributed by atoms with E-state index in [4.69, 9.17) is 9.84 Å². The summed E-state index contributed by atoms with van der Waals surface area (Å²) in [6.45, 7) is -0.0520. The average Bonchev–Trinajstić information content (AvgIpc) is 3.20. The van der Waals surface area contributed by atoms with Gasteiger partial charge in [0.25, 0.3) is 5.91 Å². The molecular formula is C14H17NO4. The first-order valence-corrected chi connectivity index (χ1v) is 6.26. The maximum atomic E-state index is 11.8. The Kier molecular flexibility index (Phi) is 4.04. The van der Waals surface area contributed by atoms with E-state index in [1.54, 1.807) is 36.2 Å². The fourth-order valence-electron chi connectivity index (χ4n) is 1.86. The zero-order chi connectivity index (χ0) is 13.8. The molecule has 19 heavy (non-hydrogen) atoms. The molecule has 0 unspecified atom stereocenters. The molecule has 0 atom stereocenters. The van der Waals surface area contributed by atoms with Gasteiger partial charge in [-0.15, -0.1) is 0 Å². The smallest absolute Gasteiger partial charge is 0.307 e. The van der Waals surface area contributed by atoms with Crippen molar-refractivity contribution in [2.24, 2.45) is 0 Å². The molecular weight excluding hydrogens is 246 g/mol. The number of hydrogen-bond donors (Lipinski definition) is 1. The standard InChI is InChI=1S/C14H17NO4/c1-15(11-6-7-11)13(16)9-19-12-5-3-2-4-10(12)8-14(17)18/h2-5,11H,6-9H2,1H3,(H,17,18). The maximum Gasteiger partial charge on any atom is 0.307 e. The van der Waals surface area contributed by atoms with Crippen molar-refractivity contribution in [3.8, 4) is 5.75 Å². The highest BCUT2D eigenvalue weighted by atomic mass is 16.5. The number of benzene rings is 1. The zero-order valence-electron chi connectivity index (χ0n) is 10.8. The summed E-state index contributed by atoms with van der Waals surface area (Å²) >= 11 is 0. The molecule has 102 valence electrons. The topological polar surface area (TPSA) is 66.8 Å². The predicted octanol–water partition coefficient (Wildman–Crippen LogP) is 1.31. The van der Waals surface area contributed by atoms with E-state index in [0.717, 1.165) is 12.8 Å². The van der Waals surface area contributed by atoms with E-state index in [9.17, 15) is 9.59 Å². The molecule has 5 heteroatoms. The average molecular weight is 263 g/mol. The monoisotopic (exact) mass is 263 g/mol. The molecule has 0 spiro atoms.